The Kier molecular flexibility index (Phi) is 11.3. The van der Waals surface area contributed by atoms with Gasteiger partial charge in [-0.1, -0.05) is 18.2 Å². The third-order valence-electron chi connectivity index (χ3n) is 6.87. The van der Waals surface area contributed by atoms with Gasteiger partial charge in [-0.25, -0.2) is 0 Å². The minimum absolute atomic E-state index is 0. The highest BCUT2D eigenvalue weighted by Gasteiger charge is 2.21. The zero-order valence-electron chi connectivity index (χ0n) is 21.7. The van der Waals surface area contributed by atoms with E-state index in [4.69, 9.17) is 4.74 Å². The van der Waals surface area contributed by atoms with Crippen LogP contribution in [0.1, 0.15) is 37.3 Å². The van der Waals surface area contributed by atoms with Crippen LogP contribution >= 0.6 is 24.8 Å². The summed E-state index contributed by atoms with van der Waals surface area (Å²) >= 11 is 0. The fourth-order valence-electron chi connectivity index (χ4n) is 4.87. The van der Waals surface area contributed by atoms with Crippen molar-refractivity contribution in [2.24, 2.45) is 0 Å². The summed E-state index contributed by atoms with van der Waals surface area (Å²) in [5.41, 5.74) is 2.14. The number of carbonyl (C=O) groups excluding carboxylic acids is 1. The van der Waals surface area contributed by atoms with E-state index >= 15 is 0 Å². The summed E-state index contributed by atoms with van der Waals surface area (Å²) in [6, 6.07) is 21.6. The highest BCUT2D eigenvalue weighted by molar-refractivity contribution is 5.95. The largest absolute Gasteiger partial charge is 0.494 e. The average Bonchev–Trinajstić information content (AvgIpc) is 3.38. The predicted octanol–water partition coefficient (Wildman–Crippen LogP) is 5.56. The molecule has 7 nitrogen and oxygen atoms in total. The predicted molar refractivity (Wildman–Crippen MR) is 160 cm³/mol. The van der Waals surface area contributed by atoms with Crippen molar-refractivity contribution in [2.75, 3.05) is 24.6 Å². The standard InChI is InChI=1S/C30H32N4O3.2ClH/c35-29-8-3-19-34(29)25-9-11-26(12-10-25)37-22-4-7-28(24-13-16-31-17-14-24)32-18-21-33-20-15-23-5-1-2-6-27(23)30(33)36;;/h1-2,5-6,9-17,20,28,32H,3-4,7-8,18-19,21-22H2;2*1H. The molecule has 1 aliphatic rings. The minimum atomic E-state index is 0. The molecule has 1 amide bonds. The molecule has 0 aliphatic carbocycles. The van der Waals surface area contributed by atoms with Crippen LogP contribution in [-0.2, 0) is 11.3 Å². The molecule has 2 aromatic heterocycles. The zero-order valence-corrected chi connectivity index (χ0v) is 23.3. The lowest BCUT2D eigenvalue weighted by atomic mass is 10.0. The van der Waals surface area contributed by atoms with Gasteiger partial charge in [0.25, 0.3) is 5.56 Å². The Bertz CT molecular complexity index is 1400. The van der Waals surface area contributed by atoms with Gasteiger partial charge in [-0.2, -0.15) is 0 Å². The molecular weight excluding hydrogens is 535 g/mol. The second-order valence-electron chi connectivity index (χ2n) is 9.32. The molecule has 3 heterocycles. The van der Waals surface area contributed by atoms with Gasteiger partial charge in [-0.15, -0.1) is 24.8 Å². The first kappa shape index (κ1) is 30.2. The molecule has 0 spiro atoms. The normalized spacial score (nSPS) is 13.5. The van der Waals surface area contributed by atoms with Crippen molar-refractivity contribution in [3.05, 3.63) is 101 Å². The maximum atomic E-state index is 12.8. The lowest BCUT2D eigenvalue weighted by Crippen LogP contribution is -2.29. The summed E-state index contributed by atoms with van der Waals surface area (Å²) in [5.74, 6) is 0.994. The van der Waals surface area contributed by atoms with E-state index in [0.29, 0.717) is 26.1 Å². The molecule has 1 saturated heterocycles. The van der Waals surface area contributed by atoms with Gasteiger partial charge in [0.05, 0.1) is 6.61 Å². The number of anilines is 1. The number of benzene rings is 2. The monoisotopic (exact) mass is 568 g/mol. The lowest BCUT2D eigenvalue weighted by Gasteiger charge is -2.20. The van der Waals surface area contributed by atoms with Gasteiger partial charge in [-0.05, 0) is 78.7 Å². The number of nitrogens with zero attached hydrogens (tertiary/aromatic N) is 3. The van der Waals surface area contributed by atoms with Crippen LogP contribution in [0.2, 0.25) is 0 Å². The Labute approximate surface area is 241 Å². The molecule has 0 saturated carbocycles. The van der Waals surface area contributed by atoms with Gasteiger partial charge in [0.15, 0.2) is 0 Å². The molecule has 1 atom stereocenters. The molecule has 1 N–H and O–H groups in total. The smallest absolute Gasteiger partial charge is 0.258 e. The van der Waals surface area contributed by atoms with Gasteiger partial charge in [0.2, 0.25) is 5.91 Å². The SMILES string of the molecule is Cl.Cl.O=C1CCCN1c1ccc(OCCCC(NCCn2ccc3ccccc3c2=O)c2ccncc2)cc1. The number of pyridine rings is 2. The number of ether oxygens (including phenoxy) is 1. The van der Waals surface area contributed by atoms with E-state index in [9.17, 15) is 9.59 Å². The Balaban J connectivity index is 0.00000210. The summed E-state index contributed by atoms with van der Waals surface area (Å²) in [6.45, 7) is 2.64. The Morgan fingerprint density at radius 2 is 1.72 bits per heavy atom. The fourth-order valence-corrected chi connectivity index (χ4v) is 4.87. The van der Waals surface area contributed by atoms with E-state index < -0.39 is 0 Å². The number of amides is 1. The number of rotatable bonds is 11. The summed E-state index contributed by atoms with van der Waals surface area (Å²) in [7, 11) is 0. The van der Waals surface area contributed by atoms with Gasteiger partial charge in [0.1, 0.15) is 5.75 Å². The number of fused-ring (bicyclic) bond motifs is 1. The first-order chi connectivity index (χ1) is 18.2. The van der Waals surface area contributed by atoms with E-state index in [1.165, 1.54) is 5.56 Å². The summed E-state index contributed by atoms with van der Waals surface area (Å²) in [4.78, 5) is 30.8. The number of nitrogens with one attached hydrogen (secondary N) is 1. The lowest BCUT2D eigenvalue weighted by molar-refractivity contribution is -0.117. The molecule has 1 aliphatic heterocycles. The first-order valence-corrected chi connectivity index (χ1v) is 12.9. The quantitative estimate of drug-likeness (QED) is 0.240. The van der Waals surface area contributed by atoms with Crippen LogP contribution in [0.25, 0.3) is 10.8 Å². The first-order valence-electron chi connectivity index (χ1n) is 12.9. The van der Waals surface area contributed by atoms with Crippen LogP contribution in [0.3, 0.4) is 0 Å². The molecule has 2 aromatic carbocycles. The summed E-state index contributed by atoms with van der Waals surface area (Å²) in [6.07, 6.45) is 8.78. The van der Waals surface area contributed by atoms with Crippen LogP contribution in [0, 0.1) is 0 Å². The summed E-state index contributed by atoms with van der Waals surface area (Å²) < 4.78 is 7.74. The topological polar surface area (TPSA) is 76.5 Å². The molecule has 0 bridgehead atoms. The van der Waals surface area contributed by atoms with Crippen molar-refractivity contribution in [3.63, 3.8) is 0 Å². The summed E-state index contributed by atoms with van der Waals surface area (Å²) in [5, 5.41) is 5.33. The van der Waals surface area contributed by atoms with Gasteiger partial charge >= 0.3 is 0 Å². The Morgan fingerprint density at radius 3 is 2.46 bits per heavy atom. The number of halogens is 2. The maximum absolute atomic E-state index is 12.8. The van der Waals surface area contributed by atoms with Gasteiger partial charge in [-0.3, -0.25) is 14.6 Å². The molecule has 4 aromatic rings. The van der Waals surface area contributed by atoms with E-state index in [1.54, 1.807) is 17.0 Å². The molecule has 0 radical (unpaired) electrons. The van der Waals surface area contributed by atoms with Crippen molar-refractivity contribution in [1.29, 1.82) is 0 Å². The van der Waals surface area contributed by atoms with Crippen LogP contribution in [-0.4, -0.2) is 35.2 Å². The van der Waals surface area contributed by atoms with E-state index in [1.807, 2.05) is 77.8 Å². The minimum Gasteiger partial charge on any atom is -0.494 e. The van der Waals surface area contributed by atoms with E-state index in [2.05, 4.69) is 10.3 Å². The molecule has 1 fully saturated rings. The average molecular weight is 570 g/mol. The molecular formula is C30H34Cl2N4O3. The second kappa shape index (κ2) is 14.7. The van der Waals surface area contributed by atoms with Crippen molar-refractivity contribution in [1.82, 2.24) is 14.9 Å². The highest BCUT2D eigenvalue weighted by Crippen LogP contribution is 2.24. The number of carbonyl (C=O) groups is 1. The number of hydrogen-bond donors (Lipinski definition) is 1. The maximum Gasteiger partial charge on any atom is 0.258 e. The molecule has 39 heavy (non-hydrogen) atoms. The van der Waals surface area contributed by atoms with Gasteiger partial charge in [0, 0.05) is 61.8 Å². The molecule has 5 rings (SSSR count). The molecule has 1 unspecified atom stereocenters. The van der Waals surface area contributed by atoms with Gasteiger partial charge < -0.3 is 19.5 Å². The van der Waals surface area contributed by atoms with Crippen molar-refractivity contribution < 1.29 is 9.53 Å². The third-order valence-corrected chi connectivity index (χ3v) is 6.87. The molecule has 206 valence electrons. The van der Waals surface area contributed by atoms with Crippen LogP contribution in [0.4, 0.5) is 5.69 Å². The molecule has 9 heteroatoms. The highest BCUT2D eigenvalue weighted by atomic mass is 35.5. The van der Waals surface area contributed by atoms with Crippen LogP contribution < -0.4 is 20.5 Å². The Morgan fingerprint density at radius 1 is 0.949 bits per heavy atom. The van der Waals surface area contributed by atoms with E-state index in [-0.39, 0.29) is 42.3 Å². The second-order valence-corrected chi connectivity index (χ2v) is 9.32. The van der Waals surface area contributed by atoms with Crippen molar-refractivity contribution in [3.8, 4) is 5.75 Å². The number of hydrogen-bond acceptors (Lipinski definition) is 5. The van der Waals surface area contributed by atoms with Crippen LogP contribution in [0.5, 0.6) is 5.75 Å². The van der Waals surface area contributed by atoms with Crippen LogP contribution in [0.15, 0.2) is 90.1 Å². The third kappa shape index (κ3) is 7.60. The Hall–Kier alpha value is -3.39. The van der Waals surface area contributed by atoms with Crippen molar-refractivity contribution in [2.45, 2.75) is 38.3 Å². The van der Waals surface area contributed by atoms with E-state index in [0.717, 1.165) is 48.0 Å². The fraction of sp³-hybridized carbons (Fsp3) is 0.300. The van der Waals surface area contributed by atoms with Crippen molar-refractivity contribution >= 4 is 47.2 Å². The zero-order chi connectivity index (χ0) is 25.5. The number of aromatic nitrogens is 2.